The van der Waals surface area contributed by atoms with Gasteiger partial charge in [-0.2, -0.15) is 5.26 Å². The van der Waals surface area contributed by atoms with Crippen LogP contribution in [0.1, 0.15) is 21.5 Å². The molecule has 0 fully saturated rings. The molecular formula is C14H9ClFN3O. The van der Waals surface area contributed by atoms with E-state index in [2.05, 4.69) is 10.3 Å². The molecule has 0 spiro atoms. The third kappa shape index (κ3) is 2.92. The number of anilines is 1. The SMILES string of the molecule is Cc1ccc(C#N)cc1NC(=O)c1cc(F)cnc1Cl. The summed E-state index contributed by atoms with van der Waals surface area (Å²) in [7, 11) is 0. The fourth-order valence-electron chi connectivity index (χ4n) is 1.60. The molecule has 0 aliphatic carbocycles. The van der Waals surface area contributed by atoms with Gasteiger partial charge in [0.1, 0.15) is 11.0 Å². The predicted molar refractivity (Wildman–Crippen MR) is 73.1 cm³/mol. The van der Waals surface area contributed by atoms with Crippen LogP contribution in [0.3, 0.4) is 0 Å². The molecule has 1 heterocycles. The van der Waals surface area contributed by atoms with Crippen molar-refractivity contribution in [1.29, 1.82) is 5.26 Å². The van der Waals surface area contributed by atoms with Crippen LogP contribution in [0.25, 0.3) is 0 Å². The second-order valence-corrected chi connectivity index (χ2v) is 4.45. The molecule has 1 amide bonds. The summed E-state index contributed by atoms with van der Waals surface area (Å²) in [4.78, 5) is 15.6. The summed E-state index contributed by atoms with van der Waals surface area (Å²) in [6.45, 7) is 1.78. The van der Waals surface area contributed by atoms with Crippen LogP contribution in [0.15, 0.2) is 30.5 Å². The Morgan fingerprint density at radius 1 is 1.45 bits per heavy atom. The Labute approximate surface area is 119 Å². The van der Waals surface area contributed by atoms with Gasteiger partial charge in [0.25, 0.3) is 5.91 Å². The smallest absolute Gasteiger partial charge is 0.258 e. The standard InChI is InChI=1S/C14H9ClFN3O/c1-8-2-3-9(6-17)4-12(8)19-14(20)11-5-10(16)7-18-13(11)15/h2-5,7H,1H3,(H,19,20). The number of aromatic nitrogens is 1. The Hall–Kier alpha value is -2.45. The second kappa shape index (κ2) is 5.68. The fraction of sp³-hybridized carbons (Fsp3) is 0.0714. The van der Waals surface area contributed by atoms with Gasteiger partial charge in [0.05, 0.1) is 23.4 Å². The normalized spacial score (nSPS) is 9.90. The van der Waals surface area contributed by atoms with Crippen LogP contribution in [-0.2, 0) is 0 Å². The van der Waals surface area contributed by atoms with E-state index in [1.165, 1.54) is 6.07 Å². The highest BCUT2D eigenvalue weighted by Gasteiger charge is 2.14. The number of aryl methyl sites for hydroxylation is 1. The summed E-state index contributed by atoms with van der Waals surface area (Å²) in [5.74, 6) is -1.23. The lowest BCUT2D eigenvalue weighted by Crippen LogP contribution is -2.14. The number of hydrogen-bond acceptors (Lipinski definition) is 3. The molecule has 1 N–H and O–H groups in total. The van der Waals surface area contributed by atoms with E-state index in [9.17, 15) is 9.18 Å². The van der Waals surface area contributed by atoms with Crippen molar-refractivity contribution in [1.82, 2.24) is 4.98 Å². The number of nitrogens with zero attached hydrogens (tertiary/aromatic N) is 2. The van der Waals surface area contributed by atoms with Gasteiger partial charge in [-0.05, 0) is 30.7 Å². The van der Waals surface area contributed by atoms with E-state index < -0.39 is 11.7 Å². The molecule has 0 atom stereocenters. The number of rotatable bonds is 2. The van der Waals surface area contributed by atoms with Crippen molar-refractivity contribution in [3.8, 4) is 6.07 Å². The molecule has 0 aliphatic heterocycles. The minimum absolute atomic E-state index is 0.0616. The first kappa shape index (κ1) is 14.0. The van der Waals surface area contributed by atoms with Gasteiger partial charge in [-0.15, -0.1) is 0 Å². The topological polar surface area (TPSA) is 65.8 Å². The molecule has 0 radical (unpaired) electrons. The molecule has 2 rings (SSSR count). The summed E-state index contributed by atoms with van der Waals surface area (Å²) in [5.41, 5.74) is 1.59. The van der Waals surface area contributed by atoms with E-state index in [0.29, 0.717) is 11.3 Å². The first-order valence-electron chi connectivity index (χ1n) is 5.64. The van der Waals surface area contributed by atoms with E-state index in [1.807, 2.05) is 6.07 Å². The fourth-order valence-corrected chi connectivity index (χ4v) is 1.79. The summed E-state index contributed by atoms with van der Waals surface area (Å²) in [6.07, 6.45) is 0.931. The van der Waals surface area contributed by atoms with Gasteiger partial charge in [0, 0.05) is 5.69 Å². The molecule has 0 saturated carbocycles. The molecule has 1 aromatic heterocycles. The van der Waals surface area contributed by atoms with Gasteiger partial charge in [0.15, 0.2) is 0 Å². The lowest BCUT2D eigenvalue weighted by atomic mass is 10.1. The molecule has 2 aromatic rings. The monoisotopic (exact) mass is 289 g/mol. The van der Waals surface area contributed by atoms with Gasteiger partial charge in [-0.25, -0.2) is 9.37 Å². The average Bonchev–Trinajstić information content (AvgIpc) is 2.43. The van der Waals surface area contributed by atoms with Gasteiger partial charge in [-0.3, -0.25) is 4.79 Å². The molecule has 1 aromatic carbocycles. The number of carbonyl (C=O) groups excluding carboxylic acids is 1. The van der Waals surface area contributed by atoms with E-state index in [4.69, 9.17) is 16.9 Å². The number of pyridine rings is 1. The molecule has 0 bridgehead atoms. The number of hydrogen-bond donors (Lipinski definition) is 1. The second-order valence-electron chi connectivity index (χ2n) is 4.09. The zero-order valence-corrected chi connectivity index (χ0v) is 11.2. The quantitative estimate of drug-likeness (QED) is 0.863. The van der Waals surface area contributed by atoms with Crippen molar-refractivity contribution in [2.75, 3.05) is 5.32 Å². The van der Waals surface area contributed by atoms with Crippen molar-refractivity contribution in [3.63, 3.8) is 0 Å². The Kier molecular flexibility index (Phi) is 3.97. The molecule has 0 unspecified atom stereocenters. The molecule has 20 heavy (non-hydrogen) atoms. The van der Waals surface area contributed by atoms with E-state index in [0.717, 1.165) is 17.8 Å². The van der Waals surface area contributed by atoms with Crippen molar-refractivity contribution in [2.24, 2.45) is 0 Å². The number of amides is 1. The Balaban J connectivity index is 2.33. The average molecular weight is 290 g/mol. The van der Waals surface area contributed by atoms with Crippen LogP contribution in [0.2, 0.25) is 5.15 Å². The van der Waals surface area contributed by atoms with Crippen LogP contribution < -0.4 is 5.32 Å². The number of carbonyl (C=O) groups is 1. The van der Waals surface area contributed by atoms with Crippen molar-refractivity contribution in [3.05, 3.63) is 58.1 Å². The lowest BCUT2D eigenvalue weighted by molar-refractivity contribution is 0.102. The van der Waals surface area contributed by atoms with Crippen molar-refractivity contribution in [2.45, 2.75) is 6.92 Å². The highest BCUT2D eigenvalue weighted by atomic mass is 35.5. The maximum absolute atomic E-state index is 13.1. The maximum atomic E-state index is 13.1. The highest BCUT2D eigenvalue weighted by molar-refractivity contribution is 6.33. The highest BCUT2D eigenvalue weighted by Crippen LogP contribution is 2.20. The third-order valence-corrected chi connectivity index (χ3v) is 2.97. The van der Waals surface area contributed by atoms with Crippen LogP contribution >= 0.6 is 11.6 Å². The number of benzene rings is 1. The molecule has 100 valence electrons. The van der Waals surface area contributed by atoms with Gasteiger partial charge >= 0.3 is 0 Å². The minimum atomic E-state index is -0.651. The Morgan fingerprint density at radius 3 is 2.90 bits per heavy atom. The summed E-state index contributed by atoms with van der Waals surface area (Å²) >= 11 is 5.76. The van der Waals surface area contributed by atoms with E-state index >= 15 is 0 Å². The first-order chi connectivity index (χ1) is 9.51. The molecule has 4 nitrogen and oxygen atoms in total. The van der Waals surface area contributed by atoms with Gasteiger partial charge < -0.3 is 5.32 Å². The molecule has 0 aliphatic rings. The van der Waals surface area contributed by atoms with Crippen LogP contribution in [0.5, 0.6) is 0 Å². The van der Waals surface area contributed by atoms with E-state index in [1.54, 1.807) is 19.1 Å². The predicted octanol–water partition coefficient (Wildman–Crippen LogP) is 3.31. The minimum Gasteiger partial charge on any atom is -0.322 e. The van der Waals surface area contributed by atoms with Gasteiger partial charge in [-0.1, -0.05) is 17.7 Å². The maximum Gasteiger partial charge on any atom is 0.258 e. The van der Waals surface area contributed by atoms with Crippen molar-refractivity contribution < 1.29 is 9.18 Å². The summed E-state index contributed by atoms with van der Waals surface area (Å²) in [5, 5.41) is 11.3. The zero-order valence-electron chi connectivity index (χ0n) is 10.4. The summed E-state index contributed by atoms with van der Waals surface area (Å²) in [6, 6.07) is 7.87. The van der Waals surface area contributed by atoms with E-state index in [-0.39, 0.29) is 10.7 Å². The zero-order chi connectivity index (χ0) is 14.7. The van der Waals surface area contributed by atoms with Crippen LogP contribution in [0, 0.1) is 24.1 Å². The molecular weight excluding hydrogens is 281 g/mol. The van der Waals surface area contributed by atoms with Crippen LogP contribution in [0.4, 0.5) is 10.1 Å². The summed E-state index contributed by atoms with van der Waals surface area (Å²) < 4.78 is 13.1. The third-order valence-electron chi connectivity index (χ3n) is 2.67. The number of halogens is 2. The largest absolute Gasteiger partial charge is 0.322 e. The number of nitriles is 1. The van der Waals surface area contributed by atoms with Gasteiger partial charge in [0.2, 0.25) is 0 Å². The molecule has 6 heteroatoms. The van der Waals surface area contributed by atoms with Crippen LogP contribution in [-0.4, -0.2) is 10.9 Å². The Bertz CT molecular complexity index is 725. The molecule has 0 saturated heterocycles. The lowest BCUT2D eigenvalue weighted by Gasteiger charge is -2.09. The first-order valence-corrected chi connectivity index (χ1v) is 6.02. The Morgan fingerprint density at radius 2 is 2.20 bits per heavy atom. The number of nitrogens with one attached hydrogen (secondary N) is 1. The van der Waals surface area contributed by atoms with Crippen molar-refractivity contribution >= 4 is 23.2 Å².